The Morgan fingerprint density at radius 2 is 1.86 bits per heavy atom. The number of nitrogens with zero attached hydrogens (tertiary/aromatic N) is 3. The highest BCUT2D eigenvalue weighted by molar-refractivity contribution is 5.79. The Morgan fingerprint density at radius 1 is 1.18 bits per heavy atom. The Labute approximate surface area is 165 Å². The molecule has 1 aliphatic rings. The van der Waals surface area contributed by atoms with E-state index < -0.39 is 0 Å². The van der Waals surface area contributed by atoms with Crippen LogP contribution in [0.2, 0.25) is 0 Å². The maximum Gasteiger partial charge on any atom is 0.269 e. The third-order valence-electron chi connectivity index (χ3n) is 5.43. The van der Waals surface area contributed by atoms with E-state index in [4.69, 9.17) is 0 Å². The number of rotatable bonds is 7. The molecule has 6 nitrogen and oxygen atoms in total. The molecule has 3 rings (SSSR count). The summed E-state index contributed by atoms with van der Waals surface area (Å²) in [6.07, 6.45) is 2.63. The average Bonchev–Trinajstić information content (AvgIpc) is 3.20. The molecule has 0 aliphatic carbocycles. The lowest BCUT2D eigenvalue weighted by Crippen LogP contribution is -2.39. The number of hydrogen-bond acceptors (Lipinski definition) is 4. The molecule has 2 aromatic rings. The summed E-state index contributed by atoms with van der Waals surface area (Å²) in [6, 6.07) is 14.4. The van der Waals surface area contributed by atoms with Crippen LogP contribution in [0.3, 0.4) is 0 Å². The molecule has 28 heavy (non-hydrogen) atoms. The number of likely N-dealkylation sites (tertiary alicyclic amines) is 1. The highest BCUT2D eigenvalue weighted by Gasteiger charge is 2.26. The van der Waals surface area contributed by atoms with Crippen LogP contribution in [0.25, 0.3) is 0 Å². The van der Waals surface area contributed by atoms with Crippen LogP contribution in [0.5, 0.6) is 0 Å². The first-order chi connectivity index (χ1) is 13.4. The Balaban J connectivity index is 1.82. The maximum atomic E-state index is 13.0. The molecule has 0 unspecified atom stereocenters. The fourth-order valence-electron chi connectivity index (χ4n) is 3.69. The second-order valence-electron chi connectivity index (χ2n) is 7.54. The zero-order valence-corrected chi connectivity index (χ0v) is 16.5. The third-order valence-corrected chi connectivity index (χ3v) is 5.43. The van der Waals surface area contributed by atoms with Crippen molar-refractivity contribution in [3.63, 3.8) is 0 Å². The van der Waals surface area contributed by atoms with E-state index >= 15 is 0 Å². The molecule has 1 saturated heterocycles. The SMILES string of the molecule is Cc1ccc(CC(=O)N(C)[C@H](CN2CCCC2)c2cccc([N+](=O)[O-])c2)cc1. The first-order valence-electron chi connectivity index (χ1n) is 9.72. The molecule has 148 valence electrons. The van der Waals surface area contributed by atoms with Crippen LogP contribution in [0.4, 0.5) is 5.69 Å². The Hall–Kier alpha value is -2.73. The lowest BCUT2D eigenvalue weighted by Gasteiger charge is -2.32. The van der Waals surface area contributed by atoms with Crippen molar-refractivity contribution in [3.8, 4) is 0 Å². The van der Waals surface area contributed by atoms with Gasteiger partial charge in [0.15, 0.2) is 0 Å². The number of amides is 1. The largest absolute Gasteiger partial charge is 0.337 e. The van der Waals surface area contributed by atoms with Gasteiger partial charge in [-0.1, -0.05) is 42.0 Å². The second-order valence-corrected chi connectivity index (χ2v) is 7.54. The number of carbonyl (C=O) groups excluding carboxylic acids is 1. The molecule has 1 atom stereocenters. The van der Waals surface area contributed by atoms with E-state index in [1.165, 1.54) is 6.07 Å². The topological polar surface area (TPSA) is 66.7 Å². The number of hydrogen-bond donors (Lipinski definition) is 0. The number of nitro groups is 1. The quantitative estimate of drug-likeness (QED) is 0.541. The fourth-order valence-corrected chi connectivity index (χ4v) is 3.69. The molecular weight excluding hydrogens is 354 g/mol. The van der Waals surface area contributed by atoms with Gasteiger partial charge in [-0.3, -0.25) is 14.9 Å². The summed E-state index contributed by atoms with van der Waals surface area (Å²) in [4.78, 5) is 27.9. The lowest BCUT2D eigenvalue weighted by atomic mass is 10.0. The Kier molecular flexibility index (Phi) is 6.41. The van der Waals surface area contributed by atoms with Gasteiger partial charge in [-0.25, -0.2) is 0 Å². The average molecular weight is 381 g/mol. The van der Waals surface area contributed by atoms with Crippen molar-refractivity contribution >= 4 is 11.6 Å². The second kappa shape index (κ2) is 8.97. The van der Waals surface area contributed by atoms with E-state index in [9.17, 15) is 14.9 Å². The number of non-ortho nitro benzene ring substituents is 1. The molecule has 0 N–H and O–H groups in total. The number of aryl methyl sites for hydroxylation is 1. The summed E-state index contributed by atoms with van der Waals surface area (Å²) in [6.45, 7) is 4.72. The lowest BCUT2D eigenvalue weighted by molar-refractivity contribution is -0.385. The van der Waals surface area contributed by atoms with Gasteiger partial charge >= 0.3 is 0 Å². The van der Waals surface area contributed by atoms with Crippen molar-refractivity contribution in [1.82, 2.24) is 9.80 Å². The van der Waals surface area contributed by atoms with Crippen molar-refractivity contribution in [3.05, 3.63) is 75.3 Å². The molecule has 2 aromatic carbocycles. The van der Waals surface area contributed by atoms with Crippen molar-refractivity contribution in [2.75, 3.05) is 26.7 Å². The van der Waals surface area contributed by atoms with Gasteiger partial charge in [-0.15, -0.1) is 0 Å². The predicted octanol–water partition coefficient (Wildman–Crippen LogP) is 3.74. The molecule has 1 aliphatic heterocycles. The summed E-state index contributed by atoms with van der Waals surface area (Å²) >= 11 is 0. The molecule has 1 amide bonds. The van der Waals surface area contributed by atoms with E-state index in [0.29, 0.717) is 13.0 Å². The number of carbonyl (C=O) groups is 1. The summed E-state index contributed by atoms with van der Waals surface area (Å²) in [5.41, 5.74) is 3.00. The minimum Gasteiger partial charge on any atom is -0.337 e. The van der Waals surface area contributed by atoms with Crippen LogP contribution >= 0.6 is 0 Å². The molecule has 0 spiro atoms. The Morgan fingerprint density at radius 3 is 2.50 bits per heavy atom. The fraction of sp³-hybridized carbons (Fsp3) is 0.409. The van der Waals surface area contributed by atoms with Crippen LogP contribution in [-0.4, -0.2) is 47.3 Å². The van der Waals surface area contributed by atoms with Gasteiger partial charge in [0.1, 0.15) is 0 Å². The molecule has 0 aromatic heterocycles. The highest BCUT2D eigenvalue weighted by Crippen LogP contribution is 2.26. The Bertz CT molecular complexity index is 829. The van der Waals surface area contributed by atoms with Gasteiger partial charge in [0.05, 0.1) is 17.4 Å². The van der Waals surface area contributed by atoms with Crippen LogP contribution in [0.15, 0.2) is 48.5 Å². The molecule has 1 heterocycles. The number of benzene rings is 2. The van der Waals surface area contributed by atoms with Crippen molar-refractivity contribution in [2.45, 2.75) is 32.2 Å². The molecule has 0 saturated carbocycles. The first kappa shape index (κ1) is 20.0. The van der Waals surface area contributed by atoms with E-state index in [0.717, 1.165) is 42.6 Å². The molecule has 6 heteroatoms. The predicted molar refractivity (Wildman–Crippen MR) is 109 cm³/mol. The third kappa shape index (κ3) is 4.95. The van der Waals surface area contributed by atoms with Gasteiger partial charge < -0.3 is 9.80 Å². The first-order valence-corrected chi connectivity index (χ1v) is 9.72. The smallest absolute Gasteiger partial charge is 0.269 e. The minimum absolute atomic E-state index is 0.0135. The van der Waals surface area contributed by atoms with Gasteiger partial charge in [0, 0.05) is 25.7 Å². The molecule has 1 fully saturated rings. The van der Waals surface area contributed by atoms with Crippen LogP contribution in [0.1, 0.15) is 35.6 Å². The maximum absolute atomic E-state index is 13.0. The monoisotopic (exact) mass is 381 g/mol. The van der Waals surface area contributed by atoms with Gasteiger partial charge in [-0.05, 0) is 44.0 Å². The molecule has 0 bridgehead atoms. The standard InChI is InChI=1S/C22H27N3O3/c1-17-8-10-18(11-9-17)14-22(26)23(2)21(16-24-12-3-4-13-24)19-6-5-7-20(15-19)25(27)28/h5-11,15,21H,3-4,12-14,16H2,1-2H3/t21-/m1/s1. The van der Waals surface area contributed by atoms with Crippen LogP contribution < -0.4 is 0 Å². The van der Waals surface area contributed by atoms with E-state index in [2.05, 4.69) is 4.90 Å². The summed E-state index contributed by atoms with van der Waals surface area (Å²) < 4.78 is 0. The summed E-state index contributed by atoms with van der Waals surface area (Å²) in [5, 5.41) is 11.2. The van der Waals surface area contributed by atoms with Crippen molar-refractivity contribution < 1.29 is 9.72 Å². The zero-order valence-electron chi connectivity index (χ0n) is 16.5. The van der Waals surface area contributed by atoms with E-state index in [-0.39, 0.29) is 22.6 Å². The molecule has 0 radical (unpaired) electrons. The van der Waals surface area contributed by atoms with Gasteiger partial charge in [0.25, 0.3) is 5.69 Å². The number of nitro benzene ring substituents is 1. The van der Waals surface area contributed by atoms with E-state index in [1.807, 2.05) is 37.3 Å². The van der Waals surface area contributed by atoms with Crippen LogP contribution in [0, 0.1) is 17.0 Å². The normalized spacial score (nSPS) is 15.4. The van der Waals surface area contributed by atoms with Crippen LogP contribution in [-0.2, 0) is 11.2 Å². The van der Waals surface area contributed by atoms with Gasteiger partial charge in [-0.2, -0.15) is 0 Å². The highest BCUT2D eigenvalue weighted by atomic mass is 16.6. The number of likely N-dealkylation sites (N-methyl/N-ethyl adjacent to an activating group) is 1. The zero-order chi connectivity index (χ0) is 20.1. The van der Waals surface area contributed by atoms with Gasteiger partial charge in [0.2, 0.25) is 5.91 Å². The van der Waals surface area contributed by atoms with Crippen molar-refractivity contribution in [2.24, 2.45) is 0 Å². The summed E-state index contributed by atoms with van der Waals surface area (Å²) in [7, 11) is 1.80. The summed E-state index contributed by atoms with van der Waals surface area (Å²) in [5.74, 6) is 0.0135. The van der Waals surface area contributed by atoms with Crippen molar-refractivity contribution in [1.29, 1.82) is 0 Å². The minimum atomic E-state index is -0.384. The van der Waals surface area contributed by atoms with E-state index in [1.54, 1.807) is 24.1 Å². The molecular formula is C22H27N3O3.